The van der Waals surface area contributed by atoms with Crippen LogP contribution in [0.1, 0.15) is 24.2 Å². The molecular formula is C15H19N5. The largest absolute Gasteiger partial charge is 0.399 e. The van der Waals surface area contributed by atoms with Gasteiger partial charge in [0.05, 0.1) is 6.54 Å². The number of aromatic nitrogens is 3. The maximum atomic E-state index is 5.79. The fourth-order valence-electron chi connectivity index (χ4n) is 3.20. The summed E-state index contributed by atoms with van der Waals surface area (Å²) in [7, 11) is 0. The summed E-state index contributed by atoms with van der Waals surface area (Å²) in [6.45, 7) is 4.11. The van der Waals surface area contributed by atoms with Crippen LogP contribution in [0.4, 0.5) is 5.69 Å². The Morgan fingerprint density at radius 2 is 1.95 bits per heavy atom. The monoisotopic (exact) mass is 269 g/mol. The molecule has 0 atom stereocenters. The summed E-state index contributed by atoms with van der Waals surface area (Å²) in [5.74, 6) is 1.09. The third-order valence-corrected chi connectivity index (χ3v) is 4.62. The molecule has 0 unspecified atom stereocenters. The maximum absolute atomic E-state index is 5.79. The van der Waals surface area contributed by atoms with Crippen LogP contribution < -0.4 is 5.73 Å². The van der Waals surface area contributed by atoms with Crippen LogP contribution in [-0.4, -0.2) is 32.8 Å². The van der Waals surface area contributed by atoms with Crippen molar-refractivity contribution in [1.29, 1.82) is 0 Å². The first-order valence-electron chi connectivity index (χ1n) is 7.20. The van der Waals surface area contributed by atoms with Gasteiger partial charge in [-0.15, -0.1) is 10.2 Å². The summed E-state index contributed by atoms with van der Waals surface area (Å²) < 4.78 is 2.15. The number of anilines is 1. The number of nitrogen functional groups attached to an aromatic ring is 1. The molecule has 0 spiro atoms. The Labute approximate surface area is 118 Å². The molecule has 2 N–H and O–H groups in total. The maximum Gasteiger partial charge on any atom is 0.147 e. The van der Waals surface area contributed by atoms with Crippen molar-refractivity contribution in [1.82, 2.24) is 19.7 Å². The lowest BCUT2D eigenvalue weighted by atomic mass is 9.95. The highest BCUT2D eigenvalue weighted by atomic mass is 15.3. The lowest BCUT2D eigenvalue weighted by Crippen LogP contribution is -2.38. The van der Waals surface area contributed by atoms with E-state index in [1.54, 1.807) is 0 Å². The highest BCUT2D eigenvalue weighted by Gasteiger charge is 2.45. The van der Waals surface area contributed by atoms with Gasteiger partial charge in [0.1, 0.15) is 12.2 Å². The molecule has 2 aliphatic rings. The molecule has 5 heteroatoms. The van der Waals surface area contributed by atoms with Crippen molar-refractivity contribution in [3.63, 3.8) is 0 Å². The van der Waals surface area contributed by atoms with Gasteiger partial charge in [0.25, 0.3) is 0 Å². The molecule has 1 saturated carbocycles. The van der Waals surface area contributed by atoms with E-state index in [1.165, 1.54) is 18.4 Å². The van der Waals surface area contributed by atoms with E-state index < -0.39 is 0 Å². The standard InChI is InChI=1S/C15H19N5/c16-13-3-1-12(2-4-13)15(5-6-15)10-19-7-8-20-11-17-18-14(20)9-19/h1-4,11H,5-10,16H2. The molecule has 4 rings (SSSR count). The molecule has 2 aromatic rings. The molecule has 0 radical (unpaired) electrons. The summed E-state index contributed by atoms with van der Waals surface area (Å²) in [4.78, 5) is 2.51. The van der Waals surface area contributed by atoms with E-state index in [2.05, 4.69) is 31.8 Å². The van der Waals surface area contributed by atoms with E-state index in [0.717, 1.165) is 37.7 Å². The normalized spacial score (nSPS) is 20.6. The molecule has 1 aliphatic carbocycles. The molecule has 1 aromatic heterocycles. The third kappa shape index (κ3) is 1.98. The van der Waals surface area contributed by atoms with Gasteiger partial charge in [-0.3, -0.25) is 4.90 Å². The predicted octanol–water partition coefficient (Wildman–Crippen LogP) is 1.41. The van der Waals surface area contributed by atoms with E-state index in [0.29, 0.717) is 5.41 Å². The van der Waals surface area contributed by atoms with Gasteiger partial charge in [-0.25, -0.2) is 0 Å². The predicted molar refractivity (Wildman–Crippen MR) is 77.1 cm³/mol. The van der Waals surface area contributed by atoms with Gasteiger partial charge in [0.15, 0.2) is 0 Å². The SMILES string of the molecule is Nc1ccc(C2(CN3CCn4cnnc4C3)CC2)cc1. The number of fused-ring (bicyclic) bond motifs is 1. The van der Waals surface area contributed by atoms with E-state index in [9.17, 15) is 0 Å². The second-order valence-electron chi connectivity index (χ2n) is 6.05. The van der Waals surface area contributed by atoms with Gasteiger partial charge < -0.3 is 10.3 Å². The highest BCUT2D eigenvalue weighted by Crippen LogP contribution is 2.49. The number of rotatable bonds is 3. The molecule has 0 saturated heterocycles. The zero-order chi connectivity index (χ0) is 13.6. The van der Waals surface area contributed by atoms with Gasteiger partial charge in [0.2, 0.25) is 0 Å². The van der Waals surface area contributed by atoms with E-state index in [4.69, 9.17) is 5.73 Å². The molecule has 0 amide bonds. The van der Waals surface area contributed by atoms with Gasteiger partial charge in [-0.1, -0.05) is 12.1 Å². The summed E-state index contributed by atoms with van der Waals surface area (Å²) in [6, 6.07) is 8.41. The molecular weight excluding hydrogens is 250 g/mol. The van der Waals surface area contributed by atoms with Gasteiger partial charge in [0, 0.05) is 30.7 Å². The van der Waals surface area contributed by atoms with Crippen molar-refractivity contribution < 1.29 is 0 Å². The molecule has 0 bridgehead atoms. The Morgan fingerprint density at radius 3 is 2.70 bits per heavy atom. The van der Waals surface area contributed by atoms with Gasteiger partial charge in [-0.05, 0) is 30.5 Å². The minimum Gasteiger partial charge on any atom is -0.399 e. The summed E-state index contributed by atoms with van der Waals surface area (Å²) in [6.07, 6.45) is 4.39. The molecule has 2 heterocycles. The lowest BCUT2D eigenvalue weighted by molar-refractivity contribution is 0.198. The summed E-state index contributed by atoms with van der Waals surface area (Å²) >= 11 is 0. The smallest absolute Gasteiger partial charge is 0.147 e. The van der Waals surface area contributed by atoms with Crippen molar-refractivity contribution >= 4 is 5.69 Å². The topological polar surface area (TPSA) is 60.0 Å². The minimum atomic E-state index is 0.343. The summed E-state index contributed by atoms with van der Waals surface area (Å²) in [5.41, 5.74) is 8.40. The van der Waals surface area contributed by atoms with Crippen LogP contribution in [0.25, 0.3) is 0 Å². The Kier molecular flexibility index (Phi) is 2.57. The molecule has 20 heavy (non-hydrogen) atoms. The Balaban J connectivity index is 1.51. The van der Waals surface area contributed by atoms with Crippen LogP contribution in [0, 0.1) is 0 Å². The first-order chi connectivity index (χ1) is 9.75. The van der Waals surface area contributed by atoms with Crippen molar-refractivity contribution in [2.75, 3.05) is 18.8 Å². The number of hydrogen-bond donors (Lipinski definition) is 1. The number of hydrogen-bond acceptors (Lipinski definition) is 4. The number of nitrogens with zero attached hydrogens (tertiary/aromatic N) is 4. The zero-order valence-corrected chi connectivity index (χ0v) is 11.5. The quantitative estimate of drug-likeness (QED) is 0.856. The summed E-state index contributed by atoms with van der Waals surface area (Å²) in [5, 5.41) is 8.19. The van der Waals surface area contributed by atoms with Crippen molar-refractivity contribution in [3.8, 4) is 0 Å². The van der Waals surface area contributed by atoms with Crippen LogP contribution in [-0.2, 0) is 18.5 Å². The first kappa shape index (κ1) is 11.9. The second kappa shape index (κ2) is 4.31. The molecule has 1 aromatic carbocycles. The van der Waals surface area contributed by atoms with E-state index in [1.807, 2.05) is 18.5 Å². The Bertz CT molecular complexity index is 611. The third-order valence-electron chi connectivity index (χ3n) is 4.62. The van der Waals surface area contributed by atoms with Gasteiger partial charge in [-0.2, -0.15) is 0 Å². The highest BCUT2D eigenvalue weighted by molar-refractivity contribution is 5.43. The molecule has 104 valence electrons. The van der Waals surface area contributed by atoms with Crippen LogP contribution in [0.15, 0.2) is 30.6 Å². The van der Waals surface area contributed by atoms with E-state index >= 15 is 0 Å². The fraction of sp³-hybridized carbons (Fsp3) is 0.467. The van der Waals surface area contributed by atoms with Crippen LogP contribution in [0.3, 0.4) is 0 Å². The van der Waals surface area contributed by atoms with Crippen molar-refractivity contribution in [2.24, 2.45) is 0 Å². The van der Waals surface area contributed by atoms with Crippen LogP contribution in [0.5, 0.6) is 0 Å². The molecule has 1 fully saturated rings. The van der Waals surface area contributed by atoms with Crippen LogP contribution in [0.2, 0.25) is 0 Å². The number of benzene rings is 1. The number of nitrogens with two attached hydrogens (primary N) is 1. The minimum absolute atomic E-state index is 0.343. The van der Waals surface area contributed by atoms with Crippen molar-refractivity contribution in [3.05, 3.63) is 42.0 Å². The van der Waals surface area contributed by atoms with Gasteiger partial charge >= 0.3 is 0 Å². The second-order valence-corrected chi connectivity index (χ2v) is 6.05. The average molecular weight is 269 g/mol. The van der Waals surface area contributed by atoms with Crippen molar-refractivity contribution in [2.45, 2.75) is 31.3 Å². The Morgan fingerprint density at radius 1 is 1.15 bits per heavy atom. The average Bonchev–Trinajstić information content (AvgIpc) is 3.08. The zero-order valence-electron chi connectivity index (χ0n) is 11.5. The molecule has 5 nitrogen and oxygen atoms in total. The Hall–Kier alpha value is -1.88. The first-order valence-corrected chi connectivity index (χ1v) is 7.20. The van der Waals surface area contributed by atoms with Crippen LogP contribution >= 0.6 is 0 Å². The van der Waals surface area contributed by atoms with E-state index in [-0.39, 0.29) is 0 Å². The molecule has 1 aliphatic heterocycles. The lowest BCUT2D eigenvalue weighted by Gasteiger charge is -2.30. The fourth-order valence-corrected chi connectivity index (χ4v) is 3.20.